The van der Waals surface area contributed by atoms with Gasteiger partial charge in [-0.2, -0.15) is 0 Å². The van der Waals surface area contributed by atoms with Crippen molar-refractivity contribution in [2.75, 3.05) is 6.54 Å². The van der Waals surface area contributed by atoms with E-state index in [0.29, 0.717) is 12.1 Å². The average Bonchev–Trinajstić information content (AvgIpc) is 2.33. The quantitative estimate of drug-likeness (QED) is 0.856. The molecule has 0 saturated carbocycles. The molecule has 0 spiro atoms. The van der Waals surface area contributed by atoms with Gasteiger partial charge in [0, 0.05) is 12.1 Å². The number of rotatable bonds is 4. The predicted octanol–water partition coefficient (Wildman–Crippen LogP) is 3.43. The fourth-order valence-corrected chi connectivity index (χ4v) is 1.48. The van der Waals surface area contributed by atoms with Gasteiger partial charge in [-0.1, -0.05) is 36.4 Å². The van der Waals surface area contributed by atoms with Gasteiger partial charge in [-0.15, -0.1) is 0 Å². The number of hydrogen-bond acceptors (Lipinski definition) is 3. The third-order valence-electron chi connectivity index (χ3n) is 2.39. The van der Waals surface area contributed by atoms with Gasteiger partial charge in [0.1, 0.15) is 5.60 Å². The van der Waals surface area contributed by atoms with Crippen LogP contribution in [0.4, 0.5) is 4.79 Å². The number of ether oxygens (including phenoxy) is 1. The lowest BCUT2D eigenvalue weighted by Crippen LogP contribution is -2.32. The van der Waals surface area contributed by atoms with Crippen molar-refractivity contribution in [3.8, 4) is 0 Å². The SMILES string of the molecule is CC(=O)c1ccc(/C=C/CNC(=O)OC(C)(C)C)cc1. The summed E-state index contributed by atoms with van der Waals surface area (Å²) in [6.45, 7) is 7.38. The summed E-state index contributed by atoms with van der Waals surface area (Å²) in [5, 5.41) is 2.64. The van der Waals surface area contributed by atoms with E-state index in [4.69, 9.17) is 4.74 Å². The molecule has 0 heterocycles. The summed E-state index contributed by atoms with van der Waals surface area (Å²) >= 11 is 0. The van der Waals surface area contributed by atoms with Gasteiger partial charge in [-0.3, -0.25) is 4.79 Å². The highest BCUT2D eigenvalue weighted by Gasteiger charge is 2.14. The number of carbonyl (C=O) groups is 2. The lowest BCUT2D eigenvalue weighted by Gasteiger charge is -2.19. The van der Waals surface area contributed by atoms with E-state index >= 15 is 0 Å². The van der Waals surface area contributed by atoms with Gasteiger partial charge in [0.2, 0.25) is 0 Å². The molecule has 0 unspecified atom stereocenters. The maximum atomic E-state index is 11.4. The first-order valence-corrected chi connectivity index (χ1v) is 6.52. The van der Waals surface area contributed by atoms with Crippen LogP contribution in [-0.2, 0) is 4.74 Å². The van der Waals surface area contributed by atoms with Gasteiger partial charge in [0.25, 0.3) is 0 Å². The number of carbonyl (C=O) groups excluding carboxylic acids is 2. The lowest BCUT2D eigenvalue weighted by molar-refractivity contribution is 0.0534. The van der Waals surface area contributed by atoms with Gasteiger partial charge < -0.3 is 10.1 Å². The normalized spacial score (nSPS) is 11.4. The third-order valence-corrected chi connectivity index (χ3v) is 2.39. The van der Waals surface area contributed by atoms with E-state index in [1.807, 2.05) is 45.1 Å². The lowest BCUT2D eigenvalue weighted by atomic mass is 10.1. The standard InChI is InChI=1S/C16H21NO3/c1-12(18)14-9-7-13(8-10-14)6-5-11-17-15(19)20-16(2,3)4/h5-10H,11H2,1-4H3,(H,17,19)/b6-5+. The van der Waals surface area contributed by atoms with E-state index in [2.05, 4.69) is 5.32 Å². The fraction of sp³-hybridized carbons (Fsp3) is 0.375. The Kier molecular flexibility index (Phi) is 5.50. The maximum Gasteiger partial charge on any atom is 0.407 e. The van der Waals surface area contributed by atoms with Crippen molar-refractivity contribution in [2.24, 2.45) is 0 Å². The van der Waals surface area contributed by atoms with Gasteiger partial charge in [0.15, 0.2) is 5.78 Å². The predicted molar refractivity (Wildman–Crippen MR) is 79.7 cm³/mol. The molecule has 20 heavy (non-hydrogen) atoms. The zero-order chi connectivity index (χ0) is 15.2. The van der Waals surface area contributed by atoms with Gasteiger partial charge in [-0.05, 0) is 33.3 Å². The van der Waals surface area contributed by atoms with Crippen LogP contribution in [-0.4, -0.2) is 24.0 Å². The summed E-state index contributed by atoms with van der Waals surface area (Å²) in [6, 6.07) is 7.29. The van der Waals surface area contributed by atoms with Crippen molar-refractivity contribution in [3.05, 3.63) is 41.5 Å². The highest BCUT2D eigenvalue weighted by Crippen LogP contribution is 2.07. The first-order chi connectivity index (χ1) is 9.28. The molecule has 1 N–H and O–H groups in total. The van der Waals surface area contributed by atoms with E-state index in [-0.39, 0.29) is 5.78 Å². The van der Waals surface area contributed by atoms with Crippen LogP contribution in [0.5, 0.6) is 0 Å². The van der Waals surface area contributed by atoms with Crippen LogP contribution in [0.15, 0.2) is 30.3 Å². The molecule has 0 bridgehead atoms. The van der Waals surface area contributed by atoms with Crippen molar-refractivity contribution in [2.45, 2.75) is 33.3 Å². The van der Waals surface area contributed by atoms with E-state index in [0.717, 1.165) is 5.56 Å². The first kappa shape index (κ1) is 16.0. The van der Waals surface area contributed by atoms with E-state index in [1.54, 1.807) is 12.1 Å². The Morgan fingerprint density at radius 2 is 1.80 bits per heavy atom. The number of benzene rings is 1. The molecule has 0 radical (unpaired) electrons. The number of Topliss-reactive ketones (excluding diaryl/α,β-unsaturated/α-hetero) is 1. The summed E-state index contributed by atoms with van der Waals surface area (Å²) in [5.74, 6) is 0.0483. The Morgan fingerprint density at radius 3 is 2.30 bits per heavy atom. The molecular formula is C16H21NO3. The molecule has 0 aliphatic carbocycles. The molecule has 1 rings (SSSR count). The van der Waals surface area contributed by atoms with Crippen molar-refractivity contribution in [3.63, 3.8) is 0 Å². The van der Waals surface area contributed by atoms with Crippen molar-refractivity contribution < 1.29 is 14.3 Å². The number of hydrogen-bond donors (Lipinski definition) is 1. The molecule has 0 fully saturated rings. The second-order valence-electron chi connectivity index (χ2n) is 5.46. The van der Waals surface area contributed by atoms with E-state index < -0.39 is 11.7 Å². The largest absolute Gasteiger partial charge is 0.444 e. The number of amides is 1. The molecule has 108 valence electrons. The Hall–Kier alpha value is -2.10. The topological polar surface area (TPSA) is 55.4 Å². The fourth-order valence-electron chi connectivity index (χ4n) is 1.48. The van der Waals surface area contributed by atoms with Crippen LogP contribution in [0.3, 0.4) is 0 Å². The van der Waals surface area contributed by atoms with Gasteiger partial charge in [0.05, 0.1) is 0 Å². The minimum Gasteiger partial charge on any atom is -0.444 e. The summed E-state index contributed by atoms with van der Waals surface area (Å²) in [4.78, 5) is 22.5. The molecule has 1 aromatic carbocycles. The number of ketones is 1. The molecule has 0 saturated heterocycles. The number of alkyl carbamates (subject to hydrolysis) is 1. The summed E-state index contributed by atoms with van der Waals surface area (Å²) in [7, 11) is 0. The zero-order valence-electron chi connectivity index (χ0n) is 12.4. The first-order valence-electron chi connectivity index (χ1n) is 6.52. The van der Waals surface area contributed by atoms with Crippen LogP contribution in [0.1, 0.15) is 43.6 Å². The molecule has 0 aliphatic rings. The highest BCUT2D eigenvalue weighted by atomic mass is 16.6. The van der Waals surface area contributed by atoms with Crippen molar-refractivity contribution in [1.82, 2.24) is 5.32 Å². The average molecular weight is 275 g/mol. The molecule has 0 aliphatic heterocycles. The second-order valence-corrected chi connectivity index (χ2v) is 5.46. The Labute approximate surface area is 119 Å². The minimum atomic E-state index is -0.490. The summed E-state index contributed by atoms with van der Waals surface area (Å²) < 4.78 is 5.11. The van der Waals surface area contributed by atoms with E-state index in [1.165, 1.54) is 6.92 Å². The van der Waals surface area contributed by atoms with Crippen LogP contribution in [0.25, 0.3) is 6.08 Å². The van der Waals surface area contributed by atoms with Crippen LogP contribution in [0.2, 0.25) is 0 Å². The molecule has 0 atom stereocenters. The van der Waals surface area contributed by atoms with Crippen LogP contribution >= 0.6 is 0 Å². The van der Waals surface area contributed by atoms with Crippen molar-refractivity contribution >= 4 is 18.0 Å². The van der Waals surface area contributed by atoms with Gasteiger partial charge >= 0.3 is 6.09 Å². The highest BCUT2D eigenvalue weighted by molar-refractivity contribution is 5.94. The molecule has 4 nitrogen and oxygen atoms in total. The van der Waals surface area contributed by atoms with E-state index in [9.17, 15) is 9.59 Å². The maximum absolute atomic E-state index is 11.4. The van der Waals surface area contributed by atoms with Crippen molar-refractivity contribution in [1.29, 1.82) is 0 Å². The molecule has 0 aromatic heterocycles. The Bertz CT molecular complexity index is 495. The van der Waals surface area contributed by atoms with Crippen LogP contribution in [0, 0.1) is 0 Å². The molecule has 1 aromatic rings. The Balaban J connectivity index is 2.42. The summed E-state index contributed by atoms with van der Waals surface area (Å²) in [6.07, 6.45) is 3.27. The van der Waals surface area contributed by atoms with Crippen LogP contribution < -0.4 is 5.32 Å². The molecule has 4 heteroatoms. The molecule has 1 amide bonds. The smallest absolute Gasteiger partial charge is 0.407 e. The second kappa shape index (κ2) is 6.89. The third kappa shape index (κ3) is 6.18. The Morgan fingerprint density at radius 1 is 1.20 bits per heavy atom. The summed E-state index contributed by atoms with van der Waals surface area (Å²) in [5.41, 5.74) is 1.17. The zero-order valence-corrected chi connectivity index (χ0v) is 12.4. The molecular weight excluding hydrogens is 254 g/mol. The minimum absolute atomic E-state index is 0.0483. The number of nitrogens with one attached hydrogen (secondary N) is 1. The monoisotopic (exact) mass is 275 g/mol. The van der Waals surface area contributed by atoms with Gasteiger partial charge in [-0.25, -0.2) is 4.79 Å².